The molecule has 3 rings (SSSR count). The fourth-order valence-corrected chi connectivity index (χ4v) is 5.02. The fourth-order valence-electron chi connectivity index (χ4n) is 5.02. The maximum atomic E-state index is 12.7. The number of esters is 1. The van der Waals surface area contributed by atoms with Gasteiger partial charge < -0.3 is 64.3 Å². The second kappa shape index (κ2) is 14.2. The molecule has 0 spiro atoms. The molecular weight excluding hydrogens is 574 g/mol. The van der Waals surface area contributed by atoms with Gasteiger partial charge in [0.2, 0.25) is 12.1 Å². The molecule has 8 atom stereocenters. The summed E-state index contributed by atoms with van der Waals surface area (Å²) in [5.41, 5.74) is -2.18. The first-order valence-corrected chi connectivity index (χ1v) is 13.5. The molecule has 3 heterocycles. The Balaban J connectivity index is 2.01. The van der Waals surface area contributed by atoms with E-state index in [1.807, 2.05) is 0 Å². The monoisotopic (exact) mass is 614 g/mol. The molecule has 0 saturated carbocycles. The van der Waals surface area contributed by atoms with Crippen LogP contribution < -0.4 is 4.90 Å². The largest absolute Gasteiger partial charge is 0.477 e. The number of carboxylic acids is 1. The standard InChI is InChI=1S/C28H39NO14/c1-5-18-25(43-26-22(41-15(2)3)28(37,38)21(32)20(13-31)42-26)40-14-19(24(35)39-4)27(18,36)7-6-16-10-17(23(33)34)12-29(11-16)8-9-30/h5-7,10,12,14-15,18,20-22,25-26,30-32,36-38H,1,8-9,11,13H2,2-4H3,(H,33,34)/p+1. The van der Waals surface area contributed by atoms with Crippen molar-refractivity contribution in [2.75, 3.05) is 33.4 Å². The third kappa shape index (κ3) is 7.41. The Labute approximate surface area is 247 Å². The van der Waals surface area contributed by atoms with E-state index in [0.29, 0.717) is 10.5 Å². The molecule has 0 aromatic carbocycles. The Bertz CT molecular complexity index is 1160. The molecule has 15 heteroatoms. The average Bonchev–Trinajstić information content (AvgIpc) is 2.95. The Hall–Kier alpha value is -2.96. The highest BCUT2D eigenvalue weighted by Crippen LogP contribution is 2.40. The van der Waals surface area contributed by atoms with Gasteiger partial charge in [-0.25, -0.2) is 9.59 Å². The van der Waals surface area contributed by atoms with Crippen LogP contribution in [0.5, 0.6) is 0 Å². The molecular formula is C28H40NO14+. The molecule has 43 heavy (non-hydrogen) atoms. The normalized spacial score (nSPS) is 34.2. The van der Waals surface area contributed by atoms with Crippen LogP contribution >= 0.6 is 0 Å². The summed E-state index contributed by atoms with van der Waals surface area (Å²) in [6, 6.07) is 0. The number of ether oxygens (including phenoxy) is 5. The van der Waals surface area contributed by atoms with E-state index in [9.17, 15) is 45.3 Å². The number of aliphatic hydroxyl groups is 6. The van der Waals surface area contributed by atoms with E-state index >= 15 is 0 Å². The van der Waals surface area contributed by atoms with Gasteiger partial charge in [0.25, 0.3) is 0 Å². The minimum absolute atomic E-state index is 0.0405. The molecule has 0 aliphatic carbocycles. The van der Waals surface area contributed by atoms with Crippen molar-refractivity contribution in [1.82, 2.24) is 0 Å². The van der Waals surface area contributed by atoms with E-state index in [0.717, 1.165) is 13.4 Å². The number of carbonyl (C=O) groups excluding carboxylic acids is 1. The third-order valence-corrected chi connectivity index (χ3v) is 7.20. The number of quaternary nitrogens is 1. The maximum Gasteiger partial charge on any atom is 0.341 e. The summed E-state index contributed by atoms with van der Waals surface area (Å²) in [5, 5.41) is 72.3. The van der Waals surface area contributed by atoms with Crippen LogP contribution in [-0.4, -0.2) is 129 Å². The lowest BCUT2D eigenvalue weighted by atomic mass is 9.78. The first-order valence-electron chi connectivity index (χ1n) is 13.5. The molecule has 1 fully saturated rings. The molecule has 0 amide bonds. The molecule has 3 aliphatic heterocycles. The number of carbonyl (C=O) groups is 2. The molecule has 8 unspecified atom stereocenters. The molecule has 8 N–H and O–H groups in total. The smallest absolute Gasteiger partial charge is 0.341 e. The quantitative estimate of drug-likeness (QED) is 0.0617. The summed E-state index contributed by atoms with van der Waals surface area (Å²) in [5.74, 6) is -6.39. The van der Waals surface area contributed by atoms with Gasteiger partial charge in [-0.05, 0) is 26.0 Å². The number of methoxy groups -OCH3 is 1. The number of nitrogens with one attached hydrogen (secondary N) is 1. The molecule has 0 aromatic rings. The van der Waals surface area contributed by atoms with Gasteiger partial charge in [0.1, 0.15) is 54.5 Å². The fraction of sp³-hybridized carbons (Fsp3) is 0.571. The molecule has 0 aromatic heterocycles. The first kappa shape index (κ1) is 34.5. The Kier molecular flexibility index (Phi) is 11.4. The first-order chi connectivity index (χ1) is 20.2. The minimum Gasteiger partial charge on any atom is -0.477 e. The average molecular weight is 615 g/mol. The van der Waals surface area contributed by atoms with Crippen LogP contribution in [0.25, 0.3) is 0 Å². The van der Waals surface area contributed by atoms with E-state index in [1.165, 1.54) is 30.5 Å². The van der Waals surface area contributed by atoms with E-state index in [1.54, 1.807) is 13.8 Å². The second-order valence-corrected chi connectivity index (χ2v) is 10.6. The van der Waals surface area contributed by atoms with Gasteiger partial charge in [-0.3, -0.25) is 0 Å². The summed E-state index contributed by atoms with van der Waals surface area (Å²) in [6.07, 6.45) is -1.41. The molecule has 1 saturated heterocycles. The lowest BCUT2D eigenvalue weighted by molar-refractivity contribution is -0.842. The van der Waals surface area contributed by atoms with Gasteiger partial charge in [0.05, 0.1) is 32.3 Å². The number of carboxylic acid groups (broad SMARTS) is 1. The van der Waals surface area contributed by atoms with Crippen molar-refractivity contribution in [2.45, 2.75) is 62.2 Å². The molecule has 15 nitrogen and oxygen atoms in total. The summed E-state index contributed by atoms with van der Waals surface area (Å²) in [6.45, 7) is 6.36. The van der Waals surface area contributed by atoms with Crippen LogP contribution in [0.15, 0.2) is 60.1 Å². The van der Waals surface area contributed by atoms with Crippen molar-refractivity contribution in [3.63, 3.8) is 0 Å². The number of hydrogen-bond acceptors (Lipinski definition) is 13. The zero-order valence-electron chi connectivity index (χ0n) is 24.0. The lowest BCUT2D eigenvalue weighted by Gasteiger charge is -2.48. The van der Waals surface area contributed by atoms with Gasteiger partial charge >= 0.3 is 11.9 Å². The van der Waals surface area contributed by atoms with Crippen molar-refractivity contribution < 1.29 is 73.9 Å². The summed E-state index contributed by atoms with van der Waals surface area (Å²) in [4.78, 5) is 25.0. The van der Waals surface area contributed by atoms with Crippen LogP contribution in [-0.2, 0) is 33.3 Å². The molecule has 0 radical (unpaired) electrons. The maximum absolute atomic E-state index is 12.7. The highest BCUT2D eigenvalue weighted by atomic mass is 16.8. The summed E-state index contributed by atoms with van der Waals surface area (Å²) < 4.78 is 27.5. The van der Waals surface area contributed by atoms with Crippen LogP contribution in [0.4, 0.5) is 0 Å². The van der Waals surface area contributed by atoms with Crippen molar-refractivity contribution in [3.05, 3.63) is 60.1 Å². The minimum atomic E-state index is -2.94. The number of hydrogen-bond donors (Lipinski definition) is 8. The van der Waals surface area contributed by atoms with Crippen molar-refractivity contribution in [3.8, 4) is 0 Å². The Morgan fingerprint density at radius 3 is 2.49 bits per heavy atom. The second-order valence-electron chi connectivity index (χ2n) is 10.6. The van der Waals surface area contributed by atoms with E-state index in [4.69, 9.17) is 23.7 Å². The van der Waals surface area contributed by atoms with E-state index in [2.05, 4.69) is 6.58 Å². The van der Waals surface area contributed by atoms with E-state index in [-0.39, 0.29) is 30.8 Å². The topological polar surface area (TPSA) is 226 Å². The zero-order valence-corrected chi connectivity index (χ0v) is 24.0. The predicted molar refractivity (Wildman–Crippen MR) is 144 cm³/mol. The van der Waals surface area contributed by atoms with E-state index < -0.39 is 72.8 Å². The zero-order chi connectivity index (χ0) is 32.1. The van der Waals surface area contributed by atoms with Crippen LogP contribution in [0.3, 0.4) is 0 Å². The third-order valence-electron chi connectivity index (χ3n) is 7.20. The number of aliphatic carboxylic acids is 1. The summed E-state index contributed by atoms with van der Waals surface area (Å²) >= 11 is 0. The van der Waals surface area contributed by atoms with Gasteiger partial charge in [-0.2, -0.15) is 0 Å². The van der Waals surface area contributed by atoms with Gasteiger partial charge in [-0.1, -0.05) is 12.2 Å². The van der Waals surface area contributed by atoms with Gasteiger partial charge in [0.15, 0.2) is 12.4 Å². The summed E-state index contributed by atoms with van der Waals surface area (Å²) in [7, 11) is 1.09. The highest BCUT2D eigenvalue weighted by Gasteiger charge is 2.58. The van der Waals surface area contributed by atoms with Crippen LogP contribution in [0.1, 0.15) is 13.8 Å². The number of aliphatic hydroxyl groups excluding tert-OH is 3. The molecule has 3 aliphatic rings. The van der Waals surface area contributed by atoms with Crippen LogP contribution in [0.2, 0.25) is 0 Å². The van der Waals surface area contributed by atoms with Crippen molar-refractivity contribution in [1.29, 1.82) is 0 Å². The Morgan fingerprint density at radius 2 is 1.93 bits per heavy atom. The van der Waals surface area contributed by atoms with Gasteiger partial charge in [-0.15, -0.1) is 6.58 Å². The lowest BCUT2D eigenvalue weighted by Crippen LogP contribution is -3.08. The number of rotatable bonds is 12. The Morgan fingerprint density at radius 1 is 1.23 bits per heavy atom. The predicted octanol–water partition coefficient (Wildman–Crippen LogP) is -3.16. The SMILES string of the molecule is C=CC1C(OC2OC(CO)C(O)C(O)(O)C2OC(C)C)OC=C(C(=O)OC)C1(O)C=CC1=CC(C(=O)O)=C[NH+](CCO)C1. The highest BCUT2D eigenvalue weighted by molar-refractivity contribution is 5.91. The molecule has 0 bridgehead atoms. The molecule has 240 valence electrons. The van der Waals surface area contributed by atoms with Crippen molar-refractivity contribution >= 4 is 11.9 Å². The van der Waals surface area contributed by atoms with Gasteiger partial charge in [0, 0.05) is 5.57 Å². The van der Waals surface area contributed by atoms with Crippen molar-refractivity contribution in [2.24, 2.45) is 5.92 Å². The van der Waals surface area contributed by atoms with Crippen LogP contribution in [0, 0.1) is 5.92 Å².